The van der Waals surface area contributed by atoms with Crippen molar-refractivity contribution in [1.29, 1.82) is 0 Å². The van der Waals surface area contributed by atoms with E-state index < -0.39 is 0 Å². The van der Waals surface area contributed by atoms with Gasteiger partial charge in [-0.2, -0.15) is 0 Å². The molecule has 1 aliphatic heterocycles. The zero-order valence-corrected chi connectivity index (χ0v) is 12.4. The third-order valence-corrected chi connectivity index (χ3v) is 2.53. The van der Waals surface area contributed by atoms with Crippen LogP contribution in [0.15, 0.2) is 12.4 Å². The van der Waals surface area contributed by atoms with Gasteiger partial charge in [-0.1, -0.05) is 26.2 Å². The Balaban J connectivity index is 0.00000256. The summed E-state index contributed by atoms with van der Waals surface area (Å²) in [4.78, 5) is 15.4. The van der Waals surface area contributed by atoms with Gasteiger partial charge >= 0.3 is 5.97 Å². The molecule has 1 heterocycles. The van der Waals surface area contributed by atoms with Crippen molar-refractivity contribution in [2.75, 3.05) is 26.9 Å². The molecule has 0 fully saturated rings. The normalized spacial score (nSPS) is 13.8. The number of hydrogen-bond acceptors (Lipinski definition) is 4. The molecule has 4 nitrogen and oxygen atoms in total. The Morgan fingerprint density at radius 2 is 2.06 bits per heavy atom. The van der Waals surface area contributed by atoms with Gasteiger partial charge in [0.2, 0.25) is 0 Å². The number of hydrogen-bond donors (Lipinski definition) is 0. The molecule has 0 aromatic heterocycles. The Labute approximate surface area is 114 Å². The monoisotopic (exact) mass is 306 g/mol. The molecular formula is C12H23BrN2O2. The van der Waals surface area contributed by atoms with Gasteiger partial charge in [0.15, 0.2) is 0 Å². The third-order valence-electron chi connectivity index (χ3n) is 2.53. The van der Waals surface area contributed by atoms with Crippen LogP contribution in [0.5, 0.6) is 0 Å². The maximum absolute atomic E-state index is 11.4. The van der Waals surface area contributed by atoms with E-state index in [0.29, 0.717) is 13.2 Å². The Hall–Kier alpha value is -0.710. The summed E-state index contributed by atoms with van der Waals surface area (Å²) >= 11 is 0. The SMILES string of the molecule is Br.CCCCCCOC(=O)CN1C=CN(C)C1. The topological polar surface area (TPSA) is 32.8 Å². The Bertz CT molecular complexity index is 247. The number of carbonyl (C=O) groups is 1. The van der Waals surface area contributed by atoms with E-state index in [-0.39, 0.29) is 23.0 Å². The summed E-state index contributed by atoms with van der Waals surface area (Å²) in [6, 6.07) is 0. The maximum atomic E-state index is 11.4. The van der Waals surface area contributed by atoms with Crippen LogP contribution >= 0.6 is 17.0 Å². The molecule has 0 aromatic carbocycles. The lowest BCUT2D eigenvalue weighted by Gasteiger charge is -2.16. The van der Waals surface area contributed by atoms with E-state index in [9.17, 15) is 4.79 Å². The van der Waals surface area contributed by atoms with Gasteiger partial charge in [0.25, 0.3) is 0 Å². The van der Waals surface area contributed by atoms with Crippen LogP contribution in [0.25, 0.3) is 0 Å². The molecular weight excluding hydrogens is 284 g/mol. The van der Waals surface area contributed by atoms with Crippen LogP contribution in [0.1, 0.15) is 32.6 Å². The Morgan fingerprint density at radius 1 is 1.29 bits per heavy atom. The summed E-state index contributed by atoms with van der Waals surface area (Å²) in [6.45, 7) is 3.86. The van der Waals surface area contributed by atoms with Crippen LogP contribution in [0.4, 0.5) is 0 Å². The van der Waals surface area contributed by atoms with Crippen molar-refractivity contribution < 1.29 is 9.53 Å². The van der Waals surface area contributed by atoms with Gasteiger partial charge in [-0.05, 0) is 6.42 Å². The van der Waals surface area contributed by atoms with E-state index in [1.54, 1.807) is 0 Å². The number of esters is 1. The van der Waals surface area contributed by atoms with Gasteiger partial charge in [0.05, 0.1) is 13.3 Å². The Morgan fingerprint density at radius 3 is 2.65 bits per heavy atom. The molecule has 0 spiro atoms. The second-order valence-electron chi connectivity index (χ2n) is 4.22. The van der Waals surface area contributed by atoms with E-state index >= 15 is 0 Å². The second-order valence-corrected chi connectivity index (χ2v) is 4.22. The van der Waals surface area contributed by atoms with E-state index in [2.05, 4.69) is 6.92 Å². The molecule has 0 unspecified atom stereocenters. The lowest BCUT2D eigenvalue weighted by Crippen LogP contribution is -2.29. The quantitative estimate of drug-likeness (QED) is 0.534. The molecule has 1 rings (SSSR count). The molecule has 0 bridgehead atoms. The van der Waals surface area contributed by atoms with E-state index in [1.165, 1.54) is 12.8 Å². The first-order valence-electron chi connectivity index (χ1n) is 6.00. The van der Waals surface area contributed by atoms with E-state index in [4.69, 9.17) is 4.74 Å². The first-order valence-corrected chi connectivity index (χ1v) is 6.00. The minimum atomic E-state index is -0.128. The largest absolute Gasteiger partial charge is 0.464 e. The highest BCUT2D eigenvalue weighted by molar-refractivity contribution is 8.93. The predicted octanol–water partition coefficient (Wildman–Crippen LogP) is 2.36. The Kier molecular flexibility index (Phi) is 8.94. The highest BCUT2D eigenvalue weighted by atomic mass is 79.9. The number of unbranched alkanes of at least 4 members (excludes halogenated alkanes) is 3. The molecule has 0 radical (unpaired) electrons. The molecule has 0 N–H and O–H groups in total. The number of nitrogens with zero attached hydrogens (tertiary/aromatic N) is 2. The lowest BCUT2D eigenvalue weighted by atomic mass is 10.2. The van der Waals surface area contributed by atoms with Crippen molar-refractivity contribution in [3.05, 3.63) is 12.4 Å². The molecule has 0 amide bonds. The predicted molar refractivity (Wildman–Crippen MR) is 73.9 cm³/mol. The second kappa shape index (κ2) is 9.33. The molecule has 0 saturated heterocycles. The van der Waals surface area contributed by atoms with Crippen LogP contribution < -0.4 is 0 Å². The van der Waals surface area contributed by atoms with Gasteiger partial charge in [0.1, 0.15) is 6.54 Å². The standard InChI is InChI=1S/C12H22N2O2.BrH/c1-3-4-5-6-9-16-12(15)10-14-8-7-13(2)11-14;/h7-8H,3-6,9-11H2,1-2H3;1H. The summed E-state index contributed by atoms with van der Waals surface area (Å²) in [5.41, 5.74) is 0. The molecule has 1 aliphatic rings. The first kappa shape index (κ1) is 16.3. The van der Waals surface area contributed by atoms with Crippen molar-refractivity contribution in [2.24, 2.45) is 0 Å². The fourth-order valence-electron chi connectivity index (χ4n) is 1.62. The van der Waals surface area contributed by atoms with Crippen LogP contribution in [0, 0.1) is 0 Å². The number of halogens is 1. The minimum absolute atomic E-state index is 0. The zero-order valence-electron chi connectivity index (χ0n) is 10.7. The number of carbonyl (C=O) groups excluding carboxylic acids is 1. The van der Waals surface area contributed by atoms with Crippen LogP contribution in [-0.4, -0.2) is 42.6 Å². The number of rotatable bonds is 7. The molecule has 100 valence electrons. The average Bonchev–Trinajstić information content (AvgIpc) is 2.63. The van der Waals surface area contributed by atoms with Crippen molar-refractivity contribution in [3.63, 3.8) is 0 Å². The van der Waals surface area contributed by atoms with E-state index in [0.717, 1.165) is 19.5 Å². The molecule has 0 aromatic rings. The highest BCUT2D eigenvalue weighted by Gasteiger charge is 2.12. The zero-order chi connectivity index (χ0) is 11.8. The van der Waals surface area contributed by atoms with Crippen molar-refractivity contribution in [2.45, 2.75) is 32.6 Å². The van der Waals surface area contributed by atoms with Gasteiger partial charge in [-0.3, -0.25) is 4.79 Å². The van der Waals surface area contributed by atoms with Crippen molar-refractivity contribution in [1.82, 2.24) is 9.80 Å². The van der Waals surface area contributed by atoms with Gasteiger partial charge in [-0.15, -0.1) is 17.0 Å². The smallest absolute Gasteiger partial charge is 0.325 e. The summed E-state index contributed by atoms with van der Waals surface area (Å²) in [5.74, 6) is -0.128. The summed E-state index contributed by atoms with van der Waals surface area (Å²) in [6.07, 6.45) is 8.42. The fraction of sp³-hybridized carbons (Fsp3) is 0.750. The van der Waals surface area contributed by atoms with E-state index in [1.807, 2.05) is 29.2 Å². The van der Waals surface area contributed by atoms with Gasteiger partial charge < -0.3 is 14.5 Å². The van der Waals surface area contributed by atoms with Gasteiger partial charge in [-0.25, -0.2) is 0 Å². The van der Waals surface area contributed by atoms with Crippen LogP contribution in [0.3, 0.4) is 0 Å². The minimum Gasteiger partial charge on any atom is -0.464 e. The third kappa shape index (κ3) is 7.26. The highest BCUT2D eigenvalue weighted by Crippen LogP contribution is 2.04. The molecule has 0 atom stereocenters. The average molecular weight is 307 g/mol. The summed E-state index contributed by atoms with van der Waals surface area (Å²) in [5, 5.41) is 0. The molecule has 0 aliphatic carbocycles. The van der Waals surface area contributed by atoms with Crippen LogP contribution in [0.2, 0.25) is 0 Å². The molecule has 17 heavy (non-hydrogen) atoms. The molecule has 0 saturated carbocycles. The number of ether oxygens (including phenoxy) is 1. The fourth-order valence-corrected chi connectivity index (χ4v) is 1.62. The molecule has 5 heteroatoms. The maximum Gasteiger partial charge on any atom is 0.325 e. The summed E-state index contributed by atoms with van der Waals surface area (Å²) < 4.78 is 5.15. The van der Waals surface area contributed by atoms with Crippen LogP contribution in [-0.2, 0) is 9.53 Å². The lowest BCUT2D eigenvalue weighted by molar-refractivity contribution is -0.144. The van der Waals surface area contributed by atoms with Crippen molar-refractivity contribution >= 4 is 23.0 Å². The first-order chi connectivity index (χ1) is 7.72. The van der Waals surface area contributed by atoms with Gasteiger partial charge in [0, 0.05) is 19.4 Å². The summed E-state index contributed by atoms with van der Waals surface area (Å²) in [7, 11) is 1.98. The van der Waals surface area contributed by atoms with Crippen molar-refractivity contribution in [3.8, 4) is 0 Å².